The SMILES string of the molecule is CCCC1=CC=CC1.CCCC1=CC=CC1.[Cl-].[Cl-].[Zr+2]. The van der Waals surface area contributed by atoms with Crippen molar-refractivity contribution in [2.24, 2.45) is 0 Å². The Bertz CT molecular complexity index is 283. The third kappa shape index (κ3) is 11.9. The van der Waals surface area contributed by atoms with Gasteiger partial charge in [0.15, 0.2) is 0 Å². The standard InChI is InChI=1S/2C8H12.2ClH.Zr/c2*1-2-5-8-6-3-4-7-8;;;/h2*3-4,6H,2,5,7H2,1H3;2*1H;/q;;;;+2/p-2. The maximum atomic E-state index is 2.23. The molecule has 0 bridgehead atoms. The molecule has 0 fully saturated rings. The van der Waals surface area contributed by atoms with E-state index in [0.717, 1.165) is 0 Å². The van der Waals surface area contributed by atoms with Crippen LogP contribution in [-0.2, 0) is 26.2 Å². The van der Waals surface area contributed by atoms with Crippen molar-refractivity contribution >= 4 is 0 Å². The quantitative estimate of drug-likeness (QED) is 0.610. The summed E-state index contributed by atoms with van der Waals surface area (Å²) >= 11 is 0. The summed E-state index contributed by atoms with van der Waals surface area (Å²) in [6.45, 7) is 4.44. The summed E-state index contributed by atoms with van der Waals surface area (Å²) in [5.41, 5.74) is 3.18. The molecule has 19 heavy (non-hydrogen) atoms. The van der Waals surface area contributed by atoms with Crippen molar-refractivity contribution in [3.05, 3.63) is 47.6 Å². The second kappa shape index (κ2) is 16.5. The molecule has 0 amide bonds. The van der Waals surface area contributed by atoms with Gasteiger partial charge in [-0.3, -0.25) is 0 Å². The van der Waals surface area contributed by atoms with Gasteiger partial charge in [0.05, 0.1) is 0 Å². The number of hydrogen-bond acceptors (Lipinski definition) is 0. The summed E-state index contributed by atoms with van der Waals surface area (Å²) in [7, 11) is 0. The molecular weight excluding hydrogens is 354 g/mol. The maximum absolute atomic E-state index is 2.23. The Balaban J connectivity index is -0.000000233. The topological polar surface area (TPSA) is 0 Å². The van der Waals surface area contributed by atoms with Crippen molar-refractivity contribution in [1.82, 2.24) is 0 Å². The maximum Gasteiger partial charge on any atom is 2.00 e. The second-order valence-corrected chi connectivity index (χ2v) is 4.41. The van der Waals surface area contributed by atoms with Gasteiger partial charge in [-0.1, -0.05) is 74.3 Å². The van der Waals surface area contributed by atoms with Crippen LogP contribution in [0.2, 0.25) is 0 Å². The third-order valence-corrected chi connectivity index (χ3v) is 2.84. The Morgan fingerprint density at radius 2 is 1.16 bits per heavy atom. The van der Waals surface area contributed by atoms with Crippen LogP contribution in [0.5, 0.6) is 0 Å². The molecule has 0 aromatic carbocycles. The van der Waals surface area contributed by atoms with Crippen LogP contribution in [0.3, 0.4) is 0 Å². The van der Waals surface area contributed by atoms with Gasteiger partial charge in [-0.25, -0.2) is 0 Å². The summed E-state index contributed by atoms with van der Waals surface area (Å²) in [6.07, 6.45) is 20.7. The van der Waals surface area contributed by atoms with Gasteiger partial charge >= 0.3 is 26.2 Å². The largest absolute Gasteiger partial charge is 2.00 e. The van der Waals surface area contributed by atoms with Gasteiger partial charge in [0.2, 0.25) is 0 Å². The molecule has 0 N–H and O–H groups in total. The number of halogens is 2. The monoisotopic (exact) mass is 376 g/mol. The fraction of sp³-hybridized carbons (Fsp3) is 0.500. The van der Waals surface area contributed by atoms with Crippen LogP contribution in [0, 0.1) is 0 Å². The van der Waals surface area contributed by atoms with Crippen LogP contribution in [0.15, 0.2) is 47.6 Å². The number of allylic oxidation sites excluding steroid dienone is 8. The van der Waals surface area contributed by atoms with Crippen LogP contribution in [-0.4, -0.2) is 0 Å². The first-order valence-corrected chi connectivity index (χ1v) is 6.56. The van der Waals surface area contributed by atoms with Gasteiger partial charge in [0.25, 0.3) is 0 Å². The summed E-state index contributed by atoms with van der Waals surface area (Å²) < 4.78 is 0. The van der Waals surface area contributed by atoms with Crippen LogP contribution in [0.1, 0.15) is 52.4 Å². The Labute approximate surface area is 150 Å². The average Bonchev–Trinajstić information content (AvgIpc) is 2.92. The van der Waals surface area contributed by atoms with E-state index in [1.165, 1.54) is 38.5 Å². The van der Waals surface area contributed by atoms with Crippen molar-refractivity contribution in [3.63, 3.8) is 0 Å². The van der Waals surface area contributed by atoms with Crippen LogP contribution in [0.25, 0.3) is 0 Å². The number of rotatable bonds is 4. The predicted molar refractivity (Wildman–Crippen MR) is 73.5 cm³/mol. The molecule has 0 nitrogen and oxygen atoms in total. The van der Waals surface area contributed by atoms with E-state index >= 15 is 0 Å². The van der Waals surface area contributed by atoms with Crippen LogP contribution < -0.4 is 24.8 Å². The van der Waals surface area contributed by atoms with Crippen molar-refractivity contribution < 1.29 is 51.0 Å². The smallest absolute Gasteiger partial charge is 1.00 e. The summed E-state index contributed by atoms with van der Waals surface area (Å²) in [6, 6.07) is 0. The van der Waals surface area contributed by atoms with E-state index in [1.807, 2.05) is 0 Å². The molecule has 0 aromatic rings. The molecule has 0 saturated carbocycles. The van der Waals surface area contributed by atoms with Crippen molar-refractivity contribution in [2.45, 2.75) is 52.4 Å². The van der Waals surface area contributed by atoms with Crippen LogP contribution in [0.4, 0.5) is 0 Å². The first-order valence-electron chi connectivity index (χ1n) is 6.56. The van der Waals surface area contributed by atoms with Crippen molar-refractivity contribution in [2.75, 3.05) is 0 Å². The molecule has 106 valence electrons. The van der Waals surface area contributed by atoms with Crippen molar-refractivity contribution in [1.29, 1.82) is 0 Å². The second-order valence-electron chi connectivity index (χ2n) is 4.41. The van der Waals surface area contributed by atoms with Crippen molar-refractivity contribution in [3.8, 4) is 0 Å². The molecule has 0 aliphatic heterocycles. The molecule has 0 heterocycles. The molecule has 0 atom stereocenters. The zero-order valence-electron chi connectivity index (χ0n) is 12.0. The van der Waals surface area contributed by atoms with E-state index in [0.29, 0.717) is 0 Å². The Hall–Kier alpha value is 0.423. The molecule has 0 spiro atoms. The van der Waals surface area contributed by atoms with Crippen LogP contribution >= 0.6 is 0 Å². The molecular formula is C16H24Cl2Zr. The first-order chi connectivity index (χ1) is 7.86. The Kier molecular flexibility index (Phi) is 21.2. The third-order valence-electron chi connectivity index (χ3n) is 2.84. The molecule has 0 aromatic heterocycles. The molecule has 0 unspecified atom stereocenters. The molecule has 2 rings (SSSR count). The Morgan fingerprint density at radius 1 is 0.789 bits per heavy atom. The summed E-state index contributed by atoms with van der Waals surface area (Å²) in [5.74, 6) is 0. The minimum atomic E-state index is 0. The Morgan fingerprint density at radius 3 is 1.37 bits per heavy atom. The van der Waals surface area contributed by atoms with E-state index in [2.05, 4.69) is 50.3 Å². The van der Waals surface area contributed by atoms with Gasteiger partial charge in [-0.2, -0.15) is 0 Å². The minimum absolute atomic E-state index is 0. The van der Waals surface area contributed by atoms with Gasteiger partial charge < -0.3 is 24.8 Å². The molecule has 0 radical (unpaired) electrons. The zero-order chi connectivity index (χ0) is 11.6. The minimum Gasteiger partial charge on any atom is -1.00 e. The molecule has 3 heteroatoms. The molecule has 2 aliphatic rings. The summed E-state index contributed by atoms with van der Waals surface area (Å²) in [4.78, 5) is 0. The van der Waals surface area contributed by atoms with Gasteiger partial charge in [-0.15, -0.1) is 0 Å². The number of hydrogen-bond donors (Lipinski definition) is 0. The predicted octanol–water partition coefficient (Wildman–Crippen LogP) is -0.649. The normalized spacial score (nSPS) is 14.2. The van der Waals surface area contributed by atoms with Gasteiger partial charge in [0.1, 0.15) is 0 Å². The molecule has 0 saturated heterocycles. The zero-order valence-corrected chi connectivity index (χ0v) is 15.9. The van der Waals surface area contributed by atoms with E-state index in [4.69, 9.17) is 0 Å². The summed E-state index contributed by atoms with van der Waals surface area (Å²) in [5, 5.41) is 0. The van der Waals surface area contributed by atoms with E-state index in [9.17, 15) is 0 Å². The molecule has 2 aliphatic carbocycles. The van der Waals surface area contributed by atoms with E-state index in [-0.39, 0.29) is 51.0 Å². The van der Waals surface area contributed by atoms with Gasteiger partial charge in [-0.05, 0) is 25.7 Å². The van der Waals surface area contributed by atoms with Gasteiger partial charge in [0, 0.05) is 0 Å². The van der Waals surface area contributed by atoms with E-state index < -0.39 is 0 Å². The average molecular weight is 378 g/mol. The fourth-order valence-corrected chi connectivity index (χ4v) is 2.00. The van der Waals surface area contributed by atoms with E-state index in [1.54, 1.807) is 11.1 Å². The first kappa shape index (κ1) is 24.4. The fourth-order valence-electron chi connectivity index (χ4n) is 2.00.